The molecule has 1 rings (SSSR count). The molecule has 1 aromatic heterocycles. The van der Waals surface area contributed by atoms with Gasteiger partial charge < -0.3 is 10.6 Å². The largest absolute Gasteiger partial charge is 0.383 e. The molecule has 1 atom stereocenters. The van der Waals surface area contributed by atoms with Gasteiger partial charge in [-0.2, -0.15) is 4.98 Å². The van der Waals surface area contributed by atoms with Crippen LogP contribution in [0.5, 0.6) is 0 Å². The first-order valence-electron chi connectivity index (χ1n) is 5.04. The maximum absolute atomic E-state index is 5.65. The fourth-order valence-corrected chi connectivity index (χ4v) is 1.66. The van der Waals surface area contributed by atoms with Crippen LogP contribution < -0.4 is 10.6 Å². The maximum Gasteiger partial charge on any atom is 0.228 e. The van der Waals surface area contributed by atoms with Gasteiger partial charge in [-0.3, -0.25) is 0 Å². The van der Waals surface area contributed by atoms with Gasteiger partial charge in [0.2, 0.25) is 5.95 Å². The molecule has 0 aromatic carbocycles. The Balaban J connectivity index is 2.77. The molecule has 2 N–H and O–H groups in total. The predicted molar refractivity (Wildman–Crippen MR) is 66.9 cm³/mol. The van der Waals surface area contributed by atoms with E-state index in [0.29, 0.717) is 17.7 Å². The van der Waals surface area contributed by atoms with Crippen LogP contribution in [0.4, 0.5) is 11.8 Å². The van der Waals surface area contributed by atoms with Gasteiger partial charge in [0.25, 0.3) is 0 Å². The summed E-state index contributed by atoms with van der Waals surface area (Å²) < 4.78 is 0.723. The first-order chi connectivity index (χ1) is 7.02. The molecule has 4 nitrogen and oxygen atoms in total. The topological polar surface area (TPSA) is 55.0 Å². The van der Waals surface area contributed by atoms with Gasteiger partial charge in [-0.1, -0.05) is 20.3 Å². The summed E-state index contributed by atoms with van der Waals surface area (Å²) in [5.41, 5.74) is 5.65. The second-order valence-corrected chi connectivity index (χ2v) is 4.62. The van der Waals surface area contributed by atoms with Gasteiger partial charge in [-0.15, -0.1) is 0 Å². The van der Waals surface area contributed by atoms with Crippen LogP contribution in [0, 0.1) is 5.92 Å². The SMILES string of the molecule is CCC(C)CN(C)c1nc(N)cc(Br)n1. The maximum atomic E-state index is 5.65. The lowest BCUT2D eigenvalue weighted by molar-refractivity contribution is 0.555. The quantitative estimate of drug-likeness (QED) is 0.855. The molecule has 0 bridgehead atoms. The van der Waals surface area contributed by atoms with Crippen LogP contribution in [0.15, 0.2) is 10.7 Å². The summed E-state index contributed by atoms with van der Waals surface area (Å²) in [6.07, 6.45) is 1.15. The molecular weight excluding hydrogens is 256 g/mol. The molecule has 0 aliphatic heterocycles. The number of nitrogen functional groups attached to an aromatic ring is 1. The molecule has 1 heterocycles. The second-order valence-electron chi connectivity index (χ2n) is 3.81. The summed E-state index contributed by atoms with van der Waals surface area (Å²) >= 11 is 3.31. The smallest absolute Gasteiger partial charge is 0.228 e. The normalized spacial score (nSPS) is 12.5. The minimum atomic E-state index is 0.489. The summed E-state index contributed by atoms with van der Waals surface area (Å²) in [5.74, 6) is 1.78. The van der Waals surface area contributed by atoms with Crippen molar-refractivity contribution in [2.45, 2.75) is 20.3 Å². The van der Waals surface area contributed by atoms with E-state index in [1.165, 1.54) is 0 Å². The minimum absolute atomic E-state index is 0.489. The number of hydrogen-bond acceptors (Lipinski definition) is 4. The highest BCUT2D eigenvalue weighted by Crippen LogP contribution is 2.16. The van der Waals surface area contributed by atoms with Crippen molar-refractivity contribution in [2.75, 3.05) is 24.2 Å². The van der Waals surface area contributed by atoms with E-state index in [4.69, 9.17) is 5.73 Å². The molecule has 0 saturated heterocycles. The van der Waals surface area contributed by atoms with Crippen molar-refractivity contribution in [3.63, 3.8) is 0 Å². The number of nitrogens with two attached hydrogens (primary N) is 1. The van der Waals surface area contributed by atoms with Crippen molar-refractivity contribution in [3.05, 3.63) is 10.7 Å². The fraction of sp³-hybridized carbons (Fsp3) is 0.600. The van der Waals surface area contributed by atoms with Gasteiger partial charge in [0.1, 0.15) is 10.4 Å². The minimum Gasteiger partial charge on any atom is -0.383 e. The molecular formula is C10H17BrN4. The number of aromatic nitrogens is 2. The third kappa shape index (κ3) is 3.66. The zero-order valence-corrected chi connectivity index (χ0v) is 11.0. The van der Waals surface area contributed by atoms with E-state index < -0.39 is 0 Å². The van der Waals surface area contributed by atoms with Gasteiger partial charge >= 0.3 is 0 Å². The van der Waals surface area contributed by atoms with Crippen LogP contribution in [0.25, 0.3) is 0 Å². The van der Waals surface area contributed by atoms with Gasteiger partial charge in [0.05, 0.1) is 0 Å². The molecule has 1 unspecified atom stereocenters. The first kappa shape index (κ1) is 12.2. The number of halogens is 1. The van der Waals surface area contributed by atoms with Crippen LogP contribution in [-0.2, 0) is 0 Å². The highest BCUT2D eigenvalue weighted by atomic mass is 79.9. The Morgan fingerprint density at radius 2 is 2.20 bits per heavy atom. The van der Waals surface area contributed by atoms with Gasteiger partial charge in [0.15, 0.2) is 0 Å². The van der Waals surface area contributed by atoms with E-state index in [1.807, 2.05) is 11.9 Å². The molecule has 0 spiro atoms. The van der Waals surface area contributed by atoms with Crippen molar-refractivity contribution in [2.24, 2.45) is 5.92 Å². The van der Waals surface area contributed by atoms with Crippen LogP contribution in [0.2, 0.25) is 0 Å². The van der Waals surface area contributed by atoms with E-state index in [2.05, 4.69) is 39.7 Å². The van der Waals surface area contributed by atoms with Crippen LogP contribution >= 0.6 is 15.9 Å². The monoisotopic (exact) mass is 272 g/mol. The van der Waals surface area contributed by atoms with E-state index in [1.54, 1.807) is 6.07 Å². The van der Waals surface area contributed by atoms with Crippen molar-refractivity contribution in [3.8, 4) is 0 Å². The molecule has 1 aromatic rings. The first-order valence-corrected chi connectivity index (χ1v) is 5.83. The van der Waals surface area contributed by atoms with E-state index >= 15 is 0 Å². The highest BCUT2D eigenvalue weighted by molar-refractivity contribution is 9.10. The third-order valence-electron chi connectivity index (χ3n) is 2.33. The fourth-order valence-electron chi connectivity index (χ4n) is 1.27. The third-order valence-corrected chi connectivity index (χ3v) is 2.73. The summed E-state index contributed by atoms with van der Waals surface area (Å²) in [6, 6.07) is 1.70. The molecule has 0 saturated carbocycles. The van der Waals surface area contributed by atoms with Crippen LogP contribution in [0.1, 0.15) is 20.3 Å². The predicted octanol–water partition coefficient (Wildman–Crippen LogP) is 2.30. The molecule has 15 heavy (non-hydrogen) atoms. The Hall–Kier alpha value is -0.840. The molecule has 0 aliphatic rings. The molecule has 0 fully saturated rings. The van der Waals surface area contributed by atoms with E-state index in [0.717, 1.165) is 17.6 Å². The zero-order chi connectivity index (χ0) is 11.4. The lowest BCUT2D eigenvalue weighted by Gasteiger charge is -2.20. The highest BCUT2D eigenvalue weighted by Gasteiger charge is 2.09. The van der Waals surface area contributed by atoms with Crippen LogP contribution in [-0.4, -0.2) is 23.6 Å². The van der Waals surface area contributed by atoms with E-state index in [-0.39, 0.29) is 0 Å². The molecule has 84 valence electrons. The summed E-state index contributed by atoms with van der Waals surface area (Å²) in [4.78, 5) is 10.5. The molecule has 5 heteroatoms. The molecule has 0 aliphatic carbocycles. The Morgan fingerprint density at radius 1 is 1.53 bits per heavy atom. The van der Waals surface area contributed by atoms with Crippen molar-refractivity contribution < 1.29 is 0 Å². The van der Waals surface area contributed by atoms with Gasteiger partial charge in [-0.25, -0.2) is 4.98 Å². The second kappa shape index (κ2) is 5.30. The summed E-state index contributed by atoms with van der Waals surface area (Å²) in [6.45, 7) is 5.32. The number of anilines is 2. The van der Waals surface area contributed by atoms with Gasteiger partial charge in [0, 0.05) is 19.7 Å². The summed E-state index contributed by atoms with van der Waals surface area (Å²) in [7, 11) is 1.98. The number of rotatable bonds is 4. The Morgan fingerprint density at radius 3 is 2.73 bits per heavy atom. The van der Waals surface area contributed by atoms with E-state index in [9.17, 15) is 0 Å². The molecule has 0 amide bonds. The Bertz CT molecular complexity index is 309. The average Bonchev–Trinajstić information content (AvgIpc) is 2.16. The lowest BCUT2D eigenvalue weighted by atomic mass is 10.1. The van der Waals surface area contributed by atoms with Crippen molar-refractivity contribution in [1.29, 1.82) is 0 Å². The van der Waals surface area contributed by atoms with Crippen molar-refractivity contribution in [1.82, 2.24) is 9.97 Å². The number of hydrogen-bond donors (Lipinski definition) is 1. The summed E-state index contributed by atoms with van der Waals surface area (Å²) in [5, 5.41) is 0. The van der Waals surface area contributed by atoms with Crippen molar-refractivity contribution >= 4 is 27.7 Å². The number of nitrogens with zero attached hydrogens (tertiary/aromatic N) is 3. The van der Waals surface area contributed by atoms with Gasteiger partial charge in [-0.05, 0) is 21.8 Å². The zero-order valence-electron chi connectivity index (χ0n) is 9.37. The lowest BCUT2D eigenvalue weighted by Crippen LogP contribution is -2.25. The molecule has 0 radical (unpaired) electrons. The van der Waals surface area contributed by atoms with Crippen LogP contribution in [0.3, 0.4) is 0 Å². The average molecular weight is 273 g/mol. The Labute approximate surface area is 99.0 Å². The standard InChI is InChI=1S/C10H17BrN4/c1-4-7(2)6-15(3)10-13-8(11)5-9(12)14-10/h5,7H,4,6H2,1-3H3,(H2,12,13,14). The Kier molecular flexibility index (Phi) is 4.32.